The van der Waals surface area contributed by atoms with Crippen molar-refractivity contribution in [2.24, 2.45) is 0 Å². The normalized spacial score (nSPS) is 9.81. The van der Waals surface area contributed by atoms with Crippen molar-refractivity contribution in [3.63, 3.8) is 0 Å². The van der Waals surface area contributed by atoms with Crippen LogP contribution in [0.1, 0.15) is 13.3 Å². The summed E-state index contributed by atoms with van der Waals surface area (Å²) < 4.78 is 0. The Morgan fingerprint density at radius 2 is 2.00 bits per heavy atom. The predicted octanol–water partition coefficient (Wildman–Crippen LogP) is 2.49. The summed E-state index contributed by atoms with van der Waals surface area (Å²) in [6, 6.07) is 10.2. The Bertz CT molecular complexity index is 303. The van der Waals surface area contributed by atoms with Gasteiger partial charge in [-0.25, -0.2) is 4.79 Å². The molecule has 4 heteroatoms. The van der Waals surface area contributed by atoms with Crippen LogP contribution in [0.2, 0.25) is 0 Å². The maximum Gasteiger partial charge on any atom is 0.314 e. The van der Waals surface area contributed by atoms with E-state index in [1.807, 2.05) is 36.9 Å². The molecule has 0 saturated heterocycles. The molecule has 0 heterocycles. The van der Waals surface area contributed by atoms with Gasteiger partial charge < -0.3 is 10.6 Å². The van der Waals surface area contributed by atoms with E-state index in [2.05, 4.69) is 22.8 Å². The van der Waals surface area contributed by atoms with Crippen molar-refractivity contribution >= 4 is 17.8 Å². The highest BCUT2D eigenvalue weighted by Gasteiger charge is 1.96. The highest BCUT2D eigenvalue weighted by molar-refractivity contribution is 7.99. The molecule has 1 aromatic carbocycles. The summed E-state index contributed by atoms with van der Waals surface area (Å²) in [6.07, 6.45) is 0.983. The number of carbonyl (C=O) groups is 1. The first-order valence-electron chi connectivity index (χ1n) is 5.52. The fraction of sp³-hybridized carbons (Fsp3) is 0.417. The lowest BCUT2D eigenvalue weighted by atomic mass is 10.4. The lowest BCUT2D eigenvalue weighted by molar-refractivity contribution is 0.241. The van der Waals surface area contributed by atoms with Crippen molar-refractivity contribution in [1.82, 2.24) is 10.6 Å². The molecular formula is C12H18N2OS. The molecule has 0 aromatic heterocycles. The Kier molecular flexibility index (Phi) is 6.49. The number of urea groups is 1. The van der Waals surface area contributed by atoms with Crippen LogP contribution in [0.5, 0.6) is 0 Å². The van der Waals surface area contributed by atoms with E-state index >= 15 is 0 Å². The summed E-state index contributed by atoms with van der Waals surface area (Å²) in [5.41, 5.74) is 0. The summed E-state index contributed by atoms with van der Waals surface area (Å²) in [5.74, 6) is 1.02. The molecule has 0 aliphatic carbocycles. The van der Waals surface area contributed by atoms with Crippen LogP contribution in [0.4, 0.5) is 4.79 Å². The maximum atomic E-state index is 11.0. The van der Waals surface area contributed by atoms with Gasteiger partial charge in [-0.15, -0.1) is 11.8 Å². The Hall–Kier alpha value is -1.16. The highest BCUT2D eigenvalue weighted by Crippen LogP contribution is 2.17. The molecule has 0 unspecified atom stereocenters. The lowest BCUT2D eigenvalue weighted by Gasteiger charge is -2.05. The molecule has 2 N–H and O–H groups in total. The van der Waals surface area contributed by atoms with Crippen LogP contribution in [-0.2, 0) is 0 Å². The molecule has 0 aliphatic heterocycles. The highest BCUT2D eigenvalue weighted by atomic mass is 32.2. The summed E-state index contributed by atoms with van der Waals surface area (Å²) in [7, 11) is 0. The standard InChI is InChI=1S/C12H18N2OS/c1-2-13-12(15)14-9-6-10-16-11-7-4-3-5-8-11/h3-5,7-8H,2,6,9-10H2,1H3,(H2,13,14,15). The summed E-state index contributed by atoms with van der Waals surface area (Å²) in [6.45, 7) is 3.31. The molecule has 3 nitrogen and oxygen atoms in total. The van der Waals surface area contributed by atoms with E-state index in [4.69, 9.17) is 0 Å². The first kappa shape index (κ1) is 12.9. The minimum Gasteiger partial charge on any atom is -0.338 e. The monoisotopic (exact) mass is 238 g/mol. The number of thioether (sulfide) groups is 1. The van der Waals surface area contributed by atoms with Crippen LogP contribution in [0, 0.1) is 0 Å². The van der Waals surface area contributed by atoms with Gasteiger partial charge in [0, 0.05) is 18.0 Å². The zero-order valence-electron chi connectivity index (χ0n) is 9.53. The second kappa shape index (κ2) is 8.05. The number of carbonyl (C=O) groups excluding carboxylic acids is 1. The summed E-state index contributed by atoms with van der Waals surface area (Å²) in [5, 5.41) is 5.50. The second-order valence-electron chi connectivity index (χ2n) is 3.30. The molecule has 0 atom stereocenters. The van der Waals surface area contributed by atoms with Gasteiger partial charge in [0.2, 0.25) is 0 Å². The number of amides is 2. The Morgan fingerprint density at radius 1 is 1.25 bits per heavy atom. The largest absolute Gasteiger partial charge is 0.338 e. The van der Waals surface area contributed by atoms with Gasteiger partial charge in [-0.2, -0.15) is 0 Å². The quantitative estimate of drug-likeness (QED) is 0.590. The van der Waals surface area contributed by atoms with Gasteiger partial charge >= 0.3 is 6.03 Å². The summed E-state index contributed by atoms with van der Waals surface area (Å²) >= 11 is 1.81. The Morgan fingerprint density at radius 3 is 2.69 bits per heavy atom. The Balaban J connectivity index is 2.02. The van der Waals surface area contributed by atoms with Crippen LogP contribution in [0.3, 0.4) is 0 Å². The zero-order chi connectivity index (χ0) is 11.6. The van der Waals surface area contributed by atoms with Crippen LogP contribution in [-0.4, -0.2) is 24.9 Å². The fourth-order valence-corrected chi connectivity index (χ4v) is 2.08. The number of nitrogens with one attached hydrogen (secondary N) is 2. The Labute approximate surface area is 101 Å². The minimum absolute atomic E-state index is 0.0767. The van der Waals surface area contributed by atoms with E-state index in [1.165, 1.54) is 4.90 Å². The van der Waals surface area contributed by atoms with Crippen molar-refractivity contribution in [2.45, 2.75) is 18.2 Å². The van der Waals surface area contributed by atoms with Crippen molar-refractivity contribution in [3.05, 3.63) is 30.3 Å². The van der Waals surface area contributed by atoms with Gasteiger partial charge in [0.15, 0.2) is 0 Å². The van der Waals surface area contributed by atoms with Crippen LogP contribution >= 0.6 is 11.8 Å². The number of hydrogen-bond donors (Lipinski definition) is 2. The lowest BCUT2D eigenvalue weighted by Crippen LogP contribution is -2.35. The third kappa shape index (κ3) is 5.66. The van der Waals surface area contributed by atoms with E-state index in [0.29, 0.717) is 6.54 Å². The van der Waals surface area contributed by atoms with E-state index < -0.39 is 0 Å². The van der Waals surface area contributed by atoms with Gasteiger partial charge in [0.25, 0.3) is 0 Å². The fourth-order valence-electron chi connectivity index (χ4n) is 1.20. The number of rotatable bonds is 6. The number of hydrogen-bond acceptors (Lipinski definition) is 2. The van der Waals surface area contributed by atoms with Gasteiger partial charge in [-0.1, -0.05) is 18.2 Å². The molecule has 2 amide bonds. The van der Waals surface area contributed by atoms with Crippen LogP contribution in [0.25, 0.3) is 0 Å². The first-order chi connectivity index (χ1) is 7.83. The van der Waals surface area contributed by atoms with Crippen molar-refractivity contribution in [2.75, 3.05) is 18.8 Å². The molecule has 16 heavy (non-hydrogen) atoms. The van der Waals surface area contributed by atoms with E-state index in [-0.39, 0.29) is 6.03 Å². The van der Waals surface area contributed by atoms with Crippen molar-refractivity contribution in [3.8, 4) is 0 Å². The van der Waals surface area contributed by atoms with Gasteiger partial charge in [0.1, 0.15) is 0 Å². The van der Waals surface area contributed by atoms with Gasteiger partial charge in [-0.3, -0.25) is 0 Å². The third-order valence-electron chi connectivity index (χ3n) is 1.96. The topological polar surface area (TPSA) is 41.1 Å². The van der Waals surface area contributed by atoms with Gasteiger partial charge in [0.05, 0.1) is 0 Å². The molecule has 0 aliphatic rings. The van der Waals surface area contributed by atoms with E-state index in [1.54, 1.807) is 0 Å². The molecule has 0 fully saturated rings. The molecule has 1 aromatic rings. The smallest absolute Gasteiger partial charge is 0.314 e. The molecule has 0 bridgehead atoms. The molecule has 88 valence electrons. The predicted molar refractivity (Wildman–Crippen MR) is 68.9 cm³/mol. The zero-order valence-corrected chi connectivity index (χ0v) is 10.3. The molecular weight excluding hydrogens is 220 g/mol. The van der Waals surface area contributed by atoms with Crippen molar-refractivity contribution < 1.29 is 4.79 Å². The van der Waals surface area contributed by atoms with Gasteiger partial charge in [-0.05, 0) is 31.2 Å². The maximum absolute atomic E-state index is 11.0. The third-order valence-corrected chi connectivity index (χ3v) is 3.05. The summed E-state index contributed by atoms with van der Waals surface area (Å²) in [4.78, 5) is 12.3. The molecule has 0 saturated carbocycles. The number of benzene rings is 1. The minimum atomic E-state index is -0.0767. The van der Waals surface area contributed by atoms with Crippen LogP contribution in [0.15, 0.2) is 35.2 Å². The SMILES string of the molecule is CCNC(=O)NCCCSc1ccccc1. The van der Waals surface area contributed by atoms with E-state index in [0.717, 1.165) is 18.7 Å². The average molecular weight is 238 g/mol. The molecule has 0 spiro atoms. The molecule has 0 radical (unpaired) electrons. The first-order valence-corrected chi connectivity index (χ1v) is 6.51. The van der Waals surface area contributed by atoms with E-state index in [9.17, 15) is 4.79 Å². The average Bonchev–Trinajstić information content (AvgIpc) is 2.30. The van der Waals surface area contributed by atoms with Crippen molar-refractivity contribution in [1.29, 1.82) is 0 Å². The second-order valence-corrected chi connectivity index (χ2v) is 4.47. The van der Waals surface area contributed by atoms with Crippen LogP contribution < -0.4 is 10.6 Å². The molecule has 1 rings (SSSR count).